The first-order valence-corrected chi connectivity index (χ1v) is 13.7. The van der Waals surface area contributed by atoms with Crippen molar-refractivity contribution in [2.45, 2.75) is 108 Å². The van der Waals surface area contributed by atoms with E-state index in [4.69, 9.17) is 18.9 Å². The van der Waals surface area contributed by atoms with Crippen LogP contribution in [0.5, 0.6) is 0 Å². The van der Waals surface area contributed by atoms with Crippen molar-refractivity contribution in [3.63, 3.8) is 0 Å². The Kier molecular flexibility index (Phi) is 5.79. The number of halogens is 2. The summed E-state index contributed by atoms with van der Waals surface area (Å²) in [7, 11) is 0. The Morgan fingerprint density at radius 3 is 2.39 bits per heavy atom. The van der Waals surface area contributed by atoms with Crippen LogP contribution in [-0.4, -0.2) is 59.8 Å². The number of aliphatic hydroxyl groups is 1. The lowest BCUT2D eigenvalue weighted by Gasteiger charge is -2.54. The average molecular weight is 513 g/mol. The molecule has 8 atom stereocenters. The zero-order chi connectivity index (χ0) is 25.5. The van der Waals surface area contributed by atoms with Crippen LogP contribution < -0.4 is 0 Å². The van der Waals surface area contributed by atoms with Gasteiger partial charge in [-0.15, -0.1) is 0 Å². The van der Waals surface area contributed by atoms with Crippen LogP contribution in [0.4, 0.5) is 8.78 Å². The number of alkyl halides is 2. The maximum atomic E-state index is 13.6. The van der Waals surface area contributed by atoms with E-state index in [0.717, 1.165) is 25.7 Å². The molecule has 0 aromatic heterocycles. The first kappa shape index (κ1) is 25.0. The van der Waals surface area contributed by atoms with Crippen LogP contribution in [0.15, 0.2) is 0 Å². The molecule has 36 heavy (non-hydrogen) atoms. The van der Waals surface area contributed by atoms with Crippen LogP contribution in [0.2, 0.25) is 0 Å². The zero-order valence-corrected chi connectivity index (χ0v) is 21.2. The SMILES string of the molecule is CC1CC2(OC(=O)C(C)(F)F)CCCC(C2)C12OC(CO)C(COC(=O)C13CC4CC(C1)C(C4)C3)O2. The standard InChI is InChI=1S/C27H38F2O7/c1-15-8-26(36-22(31)24(2,28)29)5-3-4-19(12-26)27(15)34-20(13-30)21(35-27)14-33-23(32)25-9-16-6-17(10-25)18(7-16)11-25/h15-21,30H,3-14H2,1-2H3. The lowest BCUT2D eigenvalue weighted by Crippen LogP contribution is -2.59. The fraction of sp³-hybridized carbons (Fsp3) is 0.926. The van der Waals surface area contributed by atoms with E-state index >= 15 is 0 Å². The predicted octanol–water partition coefficient (Wildman–Crippen LogP) is 4.00. The third-order valence-corrected chi connectivity index (χ3v) is 10.4. The first-order chi connectivity index (χ1) is 17.0. The molecule has 7 rings (SSSR count). The van der Waals surface area contributed by atoms with E-state index in [1.807, 2.05) is 6.92 Å². The normalized spacial score (nSPS) is 49.0. The highest BCUT2D eigenvalue weighted by Gasteiger charge is 2.64. The predicted molar refractivity (Wildman–Crippen MR) is 122 cm³/mol. The molecule has 202 valence electrons. The highest BCUT2D eigenvalue weighted by Crippen LogP contribution is 2.64. The van der Waals surface area contributed by atoms with Gasteiger partial charge in [0.2, 0.25) is 0 Å². The lowest BCUT2D eigenvalue weighted by atomic mass is 9.62. The van der Waals surface area contributed by atoms with Gasteiger partial charge in [-0.3, -0.25) is 4.79 Å². The number of hydrogen-bond acceptors (Lipinski definition) is 7. The average Bonchev–Trinajstić information content (AvgIpc) is 3.41. The largest absolute Gasteiger partial charge is 0.462 e. The van der Waals surface area contributed by atoms with Gasteiger partial charge in [-0.25, -0.2) is 4.79 Å². The Balaban J connectivity index is 1.14. The van der Waals surface area contributed by atoms with E-state index in [1.165, 1.54) is 12.8 Å². The Morgan fingerprint density at radius 2 is 1.75 bits per heavy atom. The molecular weight excluding hydrogens is 474 g/mol. The van der Waals surface area contributed by atoms with Crippen molar-refractivity contribution in [2.24, 2.45) is 35.0 Å². The van der Waals surface area contributed by atoms with Crippen molar-refractivity contribution in [2.75, 3.05) is 13.2 Å². The fourth-order valence-electron chi connectivity index (χ4n) is 9.12. The lowest BCUT2D eigenvalue weighted by molar-refractivity contribution is -0.295. The number of carbonyl (C=O) groups is 2. The number of hydrogen-bond donors (Lipinski definition) is 1. The Labute approximate surface area is 210 Å². The van der Waals surface area contributed by atoms with Gasteiger partial charge in [0, 0.05) is 18.8 Å². The van der Waals surface area contributed by atoms with Gasteiger partial charge in [0.15, 0.2) is 5.79 Å². The quantitative estimate of drug-likeness (QED) is 0.538. The monoisotopic (exact) mass is 512 g/mol. The van der Waals surface area contributed by atoms with Crippen molar-refractivity contribution in [1.29, 1.82) is 0 Å². The summed E-state index contributed by atoms with van der Waals surface area (Å²) in [5, 5.41) is 10.1. The second kappa shape index (κ2) is 8.34. The summed E-state index contributed by atoms with van der Waals surface area (Å²) < 4.78 is 51.4. The number of carbonyl (C=O) groups excluding carboxylic acids is 2. The molecule has 6 aliphatic carbocycles. The molecular formula is C27H38F2O7. The van der Waals surface area contributed by atoms with E-state index in [0.29, 0.717) is 50.4 Å². The number of aliphatic hydroxyl groups excluding tert-OH is 1. The van der Waals surface area contributed by atoms with Gasteiger partial charge in [-0.2, -0.15) is 8.78 Å². The maximum absolute atomic E-state index is 13.6. The zero-order valence-electron chi connectivity index (χ0n) is 21.2. The summed E-state index contributed by atoms with van der Waals surface area (Å²) in [6, 6.07) is 0. The third-order valence-electron chi connectivity index (χ3n) is 10.4. The molecule has 0 aromatic rings. The molecule has 1 heterocycles. The first-order valence-electron chi connectivity index (χ1n) is 13.7. The molecule has 8 unspecified atom stereocenters. The summed E-state index contributed by atoms with van der Waals surface area (Å²) in [6.45, 7) is 2.22. The minimum atomic E-state index is -3.55. The van der Waals surface area contributed by atoms with Gasteiger partial charge in [0.1, 0.15) is 24.4 Å². The Bertz CT molecular complexity index is 897. The third kappa shape index (κ3) is 3.82. The summed E-state index contributed by atoms with van der Waals surface area (Å²) in [6.07, 6.45) is 6.70. The summed E-state index contributed by atoms with van der Waals surface area (Å²) >= 11 is 0. The van der Waals surface area contributed by atoms with Gasteiger partial charge in [-0.05, 0) is 82.0 Å². The molecule has 1 aliphatic heterocycles. The maximum Gasteiger partial charge on any atom is 0.377 e. The highest BCUT2D eigenvalue weighted by atomic mass is 19.3. The van der Waals surface area contributed by atoms with E-state index < -0.39 is 35.5 Å². The van der Waals surface area contributed by atoms with Crippen LogP contribution in [0.25, 0.3) is 0 Å². The smallest absolute Gasteiger partial charge is 0.377 e. The molecule has 9 heteroatoms. The molecule has 0 amide bonds. The van der Waals surface area contributed by atoms with Crippen molar-refractivity contribution >= 4 is 11.9 Å². The van der Waals surface area contributed by atoms with E-state index in [-0.39, 0.29) is 36.4 Å². The minimum Gasteiger partial charge on any atom is -0.462 e. The molecule has 7 aliphatic rings. The number of fused-ring (bicyclic) bond motifs is 3. The van der Waals surface area contributed by atoms with Crippen LogP contribution in [0, 0.1) is 35.0 Å². The number of ether oxygens (including phenoxy) is 4. The van der Waals surface area contributed by atoms with Crippen molar-refractivity contribution in [3.8, 4) is 0 Å². The second-order valence-corrected chi connectivity index (χ2v) is 12.9. The molecule has 6 bridgehead atoms. The Hall–Kier alpha value is -1.32. The summed E-state index contributed by atoms with van der Waals surface area (Å²) in [5.41, 5.74) is -1.31. The summed E-state index contributed by atoms with van der Waals surface area (Å²) in [4.78, 5) is 25.3. The molecule has 1 saturated heterocycles. The molecule has 7 nitrogen and oxygen atoms in total. The fourth-order valence-corrected chi connectivity index (χ4v) is 9.12. The van der Waals surface area contributed by atoms with E-state index in [1.54, 1.807) is 0 Å². The van der Waals surface area contributed by atoms with E-state index in [2.05, 4.69) is 0 Å². The molecule has 0 radical (unpaired) electrons. The van der Waals surface area contributed by atoms with Gasteiger partial charge in [0.25, 0.3) is 0 Å². The molecule has 7 fully saturated rings. The van der Waals surface area contributed by atoms with Crippen molar-refractivity contribution in [1.82, 2.24) is 0 Å². The molecule has 1 N–H and O–H groups in total. The number of esters is 2. The van der Waals surface area contributed by atoms with Gasteiger partial charge in [0.05, 0.1) is 12.0 Å². The van der Waals surface area contributed by atoms with Gasteiger partial charge >= 0.3 is 17.9 Å². The van der Waals surface area contributed by atoms with Crippen molar-refractivity contribution in [3.05, 3.63) is 0 Å². The molecule has 1 spiro atoms. The second-order valence-electron chi connectivity index (χ2n) is 12.9. The minimum absolute atomic E-state index is 0.0230. The van der Waals surface area contributed by atoms with Crippen molar-refractivity contribution < 1.29 is 42.4 Å². The molecule has 6 saturated carbocycles. The van der Waals surface area contributed by atoms with Gasteiger partial charge < -0.3 is 24.1 Å². The van der Waals surface area contributed by atoms with Crippen LogP contribution in [0.3, 0.4) is 0 Å². The highest BCUT2D eigenvalue weighted by molar-refractivity contribution is 5.78. The van der Waals surface area contributed by atoms with Crippen LogP contribution in [-0.2, 0) is 28.5 Å². The number of rotatable bonds is 6. The van der Waals surface area contributed by atoms with Crippen LogP contribution >= 0.6 is 0 Å². The van der Waals surface area contributed by atoms with Gasteiger partial charge in [-0.1, -0.05) is 6.92 Å². The Morgan fingerprint density at radius 1 is 1.06 bits per heavy atom. The van der Waals surface area contributed by atoms with Crippen LogP contribution in [0.1, 0.15) is 78.1 Å². The van der Waals surface area contributed by atoms with E-state index in [9.17, 15) is 23.5 Å². The molecule has 0 aromatic carbocycles. The summed E-state index contributed by atoms with van der Waals surface area (Å²) in [5.74, 6) is -4.68. The topological polar surface area (TPSA) is 91.3 Å².